The van der Waals surface area contributed by atoms with Crippen molar-refractivity contribution in [2.24, 2.45) is 0 Å². The summed E-state index contributed by atoms with van der Waals surface area (Å²) in [6, 6.07) is 7.69. The molecule has 0 amide bonds. The van der Waals surface area contributed by atoms with Crippen LogP contribution in [-0.4, -0.2) is 21.3 Å². The summed E-state index contributed by atoms with van der Waals surface area (Å²) in [6.45, 7) is 0. The number of carboxylic acid groups (broad SMARTS) is 1. The molecule has 0 saturated carbocycles. The third-order valence-corrected chi connectivity index (χ3v) is 3.67. The predicted molar refractivity (Wildman–Crippen MR) is 85.9 cm³/mol. The average molecular weight is 377 g/mol. The quantitative estimate of drug-likeness (QED) is 0.632. The van der Waals surface area contributed by atoms with Crippen molar-refractivity contribution in [2.75, 3.05) is 0 Å². The summed E-state index contributed by atoms with van der Waals surface area (Å²) < 4.78 is 6.00. The van der Waals surface area contributed by atoms with Crippen LogP contribution < -0.4 is 5.43 Å². The van der Waals surface area contributed by atoms with Crippen molar-refractivity contribution in [1.29, 1.82) is 0 Å². The van der Waals surface area contributed by atoms with Crippen molar-refractivity contribution in [3.05, 3.63) is 56.7 Å². The minimum absolute atomic E-state index is 0.0403. The first-order chi connectivity index (χ1) is 10.8. The second-order valence-corrected chi connectivity index (χ2v) is 5.76. The largest absolute Gasteiger partial charge is 0.508 e. The Labute approximate surface area is 137 Å². The molecule has 7 heteroatoms. The van der Waals surface area contributed by atoms with E-state index in [1.807, 2.05) is 0 Å². The van der Waals surface area contributed by atoms with Gasteiger partial charge in [0.05, 0.1) is 5.39 Å². The second kappa shape index (κ2) is 5.44. The van der Waals surface area contributed by atoms with E-state index in [0.717, 1.165) is 6.07 Å². The average Bonchev–Trinajstić information content (AvgIpc) is 2.46. The van der Waals surface area contributed by atoms with E-state index in [1.54, 1.807) is 0 Å². The lowest BCUT2D eigenvalue weighted by molar-refractivity contribution is 0.0697. The first-order valence-electron chi connectivity index (χ1n) is 6.39. The van der Waals surface area contributed by atoms with Crippen molar-refractivity contribution in [1.82, 2.24) is 0 Å². The van der Waals surface area contributed by atoms with Gasteiger partial charge >= 0.3 is 5.97 Å². The number of hydrogen-bond acceptors (Lipinski definition) is 5. The zero-order valence-electron chi connectivity index (χ0n) is 11.4. The van der Waals surface area contributed by atoms with Gasteiger partial charge in [0.15, 0.2) is 11.0 Å². The molecular weight excluding hydrogens is 368 g/mol. The highest BCUT2D eigenvalue weighted by Gasteiger charge is 2.16. The molecule has 3 aromatic rings. The zero-order valence-corrected chi connectivity index (χ0v) is 13.0. The molecule has 23 heavy (non-hydrogen) atoms. The van der Waals surface area contributed by atoms with E-state index in [0.29, 0.717) is 4.47 Å². The lowest BCUT2D eigenvalue weighted by Gasteiger charge is -2.07. The molecule has 0 aliphatic heterocycles. The van der Waals surface area contributed by atoms with Gasteiger partial charge in [0.2, 0.25) is 0 Å². The molecule has 1 heterocycles. The molecule has 0 bridgehead atoms. The number of halogens is 1. The molecule has 1 aromatic heterocycles. The summed E-state index contributed by atoms with van der Waals surface area (Å²) in [7, 11) is 0. The van der Waals surface area contributed by atoms with Crippen LogP contribution in [0.25, 0.3) is 22.3 Å². The van der Waals surface area contributed by atoms with E-state index >= 15 is 0 Å². The number of phenols is 2. The molecular formula is C16H9BrO6. The van der Waals surface area contributed by atoms with Crippen LogP contribution in [0.3, 0.4) is 0 Å². The topological polar surface area (TPSA) is 108 Å². The molecule has 6 nitrogen and oxygen atoms in total. The first-order valence-corrected chi connectivity index (χ1v) is 7.18. The number of benzene rings is 2. The minimum atomic E-state index is -1.24. The Bertz CT molecular complexity index is 985. The van der Waals surface area contributed by atoms with Gasteiger partial charge in [0.1, 0.15) is 22.8 Å². The van der Waals surface area contributed by atoms with E-state index in [-0.39, 0.29) is 39.4 Å². The van der Waals surface area contributed by atoms with Crippen LogP contribution in [0, 0.1) is 0 Å². The van der Waals surface area contributed by atoms with Crippen LogP contribution in [0.4, 0.5) is 0 Å². The smallest absolute Gasteiger partial charge is 0.339 e. The van der Waals surface area contributed by atoms with Gasteiger partial charge in [-0.15, -0.1) is 0 Å². The van der Waals surface area contributed by atoms with Gasteiger partial charge in [-0.25, -0.2) is 4.79 Å². The number of fused-ring (bicyclic) bond motifs is 1. The highest BCUT2D eigenvalue weighted by molar-refractivity contribution is 9.10. The second-order valence-electron chi connectivity index (χ2n) is 4.85. The fraction of sp³-hybridized carbons (Fsp3) is 0. The maximum atomic E-state index is 12.3. The maximum absolute atomic E-state index is 12.3. The van der Waals surface area contributed by atoms with Gasteiger partial charge < -0.3 is 19.7 Å². The number of rotatable bonds is 2. The van der Waals surface area contributed by atoms with Crippen LogP contribution in [-0.2, 0) is 0 Å². The third kappa shape index (κ3) is 2.78. The summed E-state index contributed by atoms with van der Waals surface area (Å²) in [5.74, 6) is -1.62. The van der Waals surface area contributed by atoms with E-state index in [4.69, 9.17) is 4.42 Å². The van der Waals surface area contributed by atoms with E-state index in [9.17, 15) is 24.9 Å². The van der Waals surface area contributed by atoms with Gasteiger partial charge in [-0.1, -0.05) is 15.9 Å². The molecule has 2 aromatic carbocycles. The Morgan fingerprint density at radius 3 is 2.26 bits per heavy atom. The molecule has 0 unspecified atom stereocenters. The lowest BCUT2D eigenvalue weighted by atomic mass is 10.1. The monoisotopic (exact) mass is 376 g/mol. The van der Waals surface area contributed by atoms with Crippen LogP contribution in [0.15, 0.2) is 50.1 Å². The number of hydrogen-bond donors (Lipinski definition) is 3. The summed E-state index contributed by atoms with van der Waals surface area (Å²) in [5, 5.41) is 28.5. The molecule has 0 atom stereocenters. The van der Waals surface area contributed by atoms with Crippen molar-refractivity contribution < 1.29 is 24.5 Å². The van der Waals surface area contributed by atoms with Crippen LogP contribution in [0.5, 0.6) is 11.5 Å². The van der Waals surface area contributed by atoms with Crippen LogP contribution in [0.1, 0.15) is 10.4 Å². The molecule has 0 fully saturated rings. The fourth-order valence-electron chi connectivity index (χ4n) is 2.26. The Kier molecular flexibility index (Phi) is 3.57. The van der Waals surface area contributed by atoms with E-state index < -0.39 is 11.4 Å². The highest BCUT2D eigenvalue weighted by Crippen LogP contribution is 2.31. The first kappa shape index (κ1) is 15.1. The third-order valence-electron chi connectivity index (χ3n) is 3.21. The lowest BCUT2D eigenvalue weighted by Crippen LogP contribution is -2.05. The summed E-state index contributed by atoms with van der Waals surface area (Å²) >= 11 is 3.16. The molecule has 0 spiro atoms. The fourth-order valence-corrected chi connectivity index (χ4v) is 2.72. The molecule has 0 aliphatic rings. The van der Waals surface area contributed by atoms with Crippen molar-refractivity contribution in [3.63, 3.8) is 0 Å². The summed E-state index contributed by atoms with van der Waals surface area (Å²) in [5.41, 5.74) is -0.433. The van der Waals surface area contributed by atoms with E-state index in [2.05, 4.69) is 15.9 Å². The normalized spacial score (nSPS) is 10.8. The zero-order chi connectivity index (χ0) is 16.7. The van der Waals surface area contributed by atoms with Crippen LogP contribution in [0.2, 0.25) is 0 Å². The molecule has 0 radical (unpaired) electrons. The Balaban J connectivity index is 2.37. The number of phenolic OH excluding ortho intramolecular Hbond substituents is 2. The highest BCUT2D eigenvalue weighted by atomic mass is 79.9. The van der Waals surface area contributed by atoms with Crippen molar-refractivity contribution in [3.8, 4) is 22.8 Å². The van der Waals surface area contributed by atoms with Gasteiger partial charge in [-0.3, -0.25) is 4.79 Å². The molecule has 3 N–H and O–H groups in total. The SMILES string of the molecule is O=C(O)c1cc(Br)cc2c(=O)cc(-c3cc(O)cc(O)c3)oc12. The Morgan fingerprint density at radius 2 is 1.65 bits per heavy atom. The minimum Gasteiger partial charge on any atom is -0.508 e. The standard InChI is InChI=1S/C16H9BrO6/c17-8-3-11-13(20)6-14(7-1-9(18)5-10(19)2-7)23-15(11)12(4-8)16(21)22/h1-6,18-19H,(H,21,22). The van der Waals surface area contributed by atoms with Crippen molar-refractivity contribution >= 4 is 32.9 Å². The molecule has 0 saturated heterocycles. The van der Waals surface area contributed by atoms with Crippen LogP contribution >= 0.6 is 15.9 Å². The summed E-state index contributed by atoms with van der Waals surface area (Å²) in [4.78, 5) is 23.6. The van der Waals surface area contributed by atoms with Gasteiger partial charge in [-0.2, -0.15) is 0 Å². The number of carboxylic acids is 1. The molecule has 0 aliphatic carbocycles. The number of aromatic carboxylic acids is 1. The predicted octanol–water partition coefficient (Wildman–Crippen LogP) is 3.33. The Hall–Kier alpha value is -2.80. The van der Waals surface area contributed by atoms with Crippen molar-refractivity contribution in [2.45, 2.75) is 0 Å². The van der Waals surface area contributed by atoms with Gasteiger partial charge in [0, 0.05) is 22.2 Å². The van der Waals surface area contributed by atoms with Gasteiger partial charge in [0.25, 0.3) is 0 Å². The van der Waals surface area contributed by atoms with E-state index in [1.165, 1.54) is 30.3 Å². The molecule has 3 rings (SSSR count). The van der Waals surface area contributed by atoms with Gasteiger partial charge in [-0.05, 0) is 24.3 Å². The molecule has 116 valence electrons. The number of aromatic hydroxyl groups is 2. The maximum Gasteiger partial charge on any atom is 0.339 e. The number of carbonyl (C=O) groups is 1. The summed E-state index contributed by atoms with van der Waals surface area (Å²) in [6.07, 6.45) is 0. The Morgan fingerprint density at radius 1 is 1.00 bits per heavy atom.